The van der Waals surface area contributed by atoms with Crippen LogP contribution in [-0.4, -0.2) is 29.8 Å². The number of aromatic nitrogens is 2. The van der Waals surface area contributed by atoms with Crippen LogP contribution < -0.4 is 22.3 Å². The zero-order valence-electron chi connectivity index (χ0n) is 11.8. The maximum atomic E-state index is 11.8. The van der Waals surface area contributed by atoms with E-state index in [-0.39, 0.29) is 11.5 Å². The molecule has 1 aromatic rings. The fraction of sp³-hybridized carbons (Fsp3) is 0.692. The molecule has 1 aliphatic rings. The maximum Gasteiger partial charge on any atom is 0.330 e. The largest absolute Gasteiger partial charge is 0.383 e. The average Bonchev–Trinajstić information content (AvgIpc) is 2.91. The summed E-state index contributed by atoms with van der Waals surface area (Å²) < 4.78 is 6.26. The number of hydrogen-bond donors (Lipinski definition) is 3. The van der Waals surface area contributed by atoms with Crippen LogP contribution in [0.1, 0.15) is 25.7 Å². The standard InChI is InChI=1S/C13H22N4O3/c1-20-7-6-17-11(14)10(12(18)16-13(17)19)15-8-9-4-2-3-5-9/h9,15H,2-8,14H2,1H3,(H,16,18,19). The molecule has 1 fully saturated rings. The lowest BCUT2D eigenvalue weighted by Gasteiger charge is -2.15. The molecule has 0 spiro atoms. The lowest BCUT2D eigenvalue weighted by Crippen LogP contribution is -2.35. The van der Waals surface area contributed by atoms with Gasteiger partial charge in [0.15, 0.2) is 0 Å². The highest BCUT2D eigenvalue weighted by atomic mass is 16.5. The molecule has 7 heteroatoms. The summed E-state index contributed by atoms with van der Waals surface area (Å²) in [7, 11) is 1.55. The molecule has 20 heavy (non-hydrogen) atoms. The Bertz CT molecular complexity index is 558. The molecule has 0 bridgehead atoms. The second-order valence-corrected chi connectivity index (χ2v) is 5.20. The summed E-state index contributed by atoms with van der Waals surface area (Å²) in [6.45, 7) is 1.39. The lowest BCUT2D eigenvalue weighted by atomic mass is 10.1. The topological polar surface area (TPSA) is 102 Å². The number of nitrogens with two attached hydrogens (primary N) is 1. The zero-order chi connectivity index (χ0) is 14.5. The van der Waals surface area contributed by atoms with Gasteiger partial charge in [-0.25, -0.2) is 4.79 Å². The number of hydrogen-bond acceptors (Lipinski definition) is 5. The first kappa shape index (κ1) is 14.6. The molecule has 112 valence electrons. The van der Waals surface area contributed by atoms with E-state index in [1.165, 1.54) is 30.3 Å². The predicted molar refractivity (Wildman–Crippen MR) is 78.1 cm³/mol. The Morgan fingerprint density at radius 3 is 2.75 bits per heavy atom. The third-order valence-corrected chi connectivity index (χ3v) is 3.80. The van der Waals surface area contributed by atoms with Crippen molar-refractivity contribution in [2.75, 3.05) is 31.3 Å². The van der Waals surface area contributed by atoms with Gasteiger partial charge >= 0.3 is 5.69 Å². The molecule has 0 saturated heterocycles. The molecule has 0 aliphatic heterocycles. The minimum atomic E-state index is -0.504. The maximum absolute atomic E-state index is 11.8. The molecule has 0 amide bonds. The first-order valence-corrected chi connectivity index (χ1v) is 6.99. The van der Waals surface area contributed by atoms with E-state index in [1.54, 1.807) is 7.11 Å². The number of anilines is 2. The van der Waals surface area contributed by atoms with Crippen LogP contribution in [0.25, 0.3) is 0 Å². The first-order valence-electron chi connectivity index (χ1n) is 6.99. The van der Waals surface area contributed by atoms with Gasteiger partial charge in [-0.05, 0) is 18.8 Å². The van der Waals surface area contributed by atoms with Gasteiger partial charge in [-0.3, -0.25) is 14.3 Å². The van der Waals surface area contributed by atoms with E-state index in [9.17, 15) is 9.59 Å². The Kier molecular flexibility index (Phi) is 4.84. The molecular formula is C13H22N4O3. The van der Waals surface area contributed by atoms with Crippen LogP contribution in [0.4, 0.5) is 11.5 Å². The van der Waals surface area contributed by atoms with E-state index in [0.29, 0.717) is 19.1 Å². The summed E-state index contributed by atoms with van der Waals surface area (Å²) in [5, 5.41) is 3.10. The molecule has 0 unspecified atom stereocenters. The smallest absolute Gasteiger partial charge is 0.330 e. The van der Waals surface area contributed by atoms with Gasteiger partial charge in [0, 0.05) is 13.7 Å². The normalized spacial score (nSPS) is 15.7. The summed E-state index contributed by atoms with van der Waals surface area (Å²) in [5.74, 6) is 0.752. The van der Waals surface area contributed by atoms with Gasteiger partial charge in [0.1, 0.15) is 11.5 Å². The molecule has 0 radical (unpaired) electrons. The molecule has 0 atom stereocenters. The van der Waals surface area contributed by atoms with E-state index in [4.69, 9.17) is 10.5 Å². The minimum Gasteiger partial charge on any atom is -0.383 e. The molecule has 2 rings (SSSR count). The van der Waals surface area contributed by atoms with E-state index >= 15 is 0 Å². The third-order valence-electron chi connectivity index (χ3n) is 3.80. The molecule has 1 aromatic heterocycles. The van der Waals surface area contributed by atoms with Crippen molar-refractivity contribution < 1.29 is 4.74 Å². The molecule has 1 aliphatic carbocycles. The van der Waals surface area contributed by atoms with Crippen LogP contribution in [0.5, 0.6) is 0 Å². The van der Waals surface area contributed by atoms with Crippen molar-refractivity contribution in [1.29, 1.82) is 0 Å². The monoisotopic (exact) mass is 282 g/mol. The number of H-pyrrole nitrogens is 1. The Labute approximate surface area is 117 Å². The van der Waals surface area contributed by atoms with E-state index < -0.39 is 11.2 Å². The first-order chi connectivity index (χ1) is 9.63. The van der Waals surface area contributed by atoms with E-state index in [1.807, 2.05) is 0 Å². The summed E-state index contributed by atoms with van der Waals surface area (Å²) in [4.78, 5) is 25.9. The summed E-state index contributed by atoms with van der Waals surface area (Å²) >= 11 is 0. The fourth-order valence-corrected chi connectivity index (χ4v) is 2.62. The summed E-state index contributed by atoms with van der Waals surface area (Å²) in [6, 6.07) is 0. The number of rotatable bonds is 6. The van der Waals surface area contributed by atoms with E-state index in [0.717, 1.165) is 6.54 Å². The van der Waals surface area contributed by atoms with Crippen LogP contribution in [0.2, 0.25) is 0 Å². The van der Waals surface area contributed by atoms with Crippen molar-refractivity contribution in [3.8, 4) is 0 Å². The molecule has 7 nitrogen and oxygen atoms in total. The van der Waals surface area contributed by atoms with E-state index in [2.05, 4.69) is 10.3 Å². The number of ether oxygens (including phenoxy) is 1. The fourth-order valence-electron chi connectivity index (χ4n) is 2.62. The molecule has 0 aromatic carbocycles. The Morgan fingerprint density at radius 1 is 1.40 bits per heavy atom. The van der Waals surface area contributed by atoms with Crippen molar-refractivity contribution in [3.05, 3.63) is 20.8 Å². The minimum absolute atomic E-state index is 0.175. The average molecular weight is 282 g/mol. The molecule has 4 N–H and O–H groups in total. The van der Waals surface area contributed by atoms with Crippen LogP contribution in [0, 0.1) is 5.92 Å². The quantitative estimate of drug-likeness (QED) is 0.699. The van der Waals surface area contributed by atoms with Crippen molar-refractivity contribution in [3.63, 3.8) is 0 Å². The van der Waals surface area contributed by atoms with Gasteiger partial charge < -0.3 is 15.8 Å². The van der Waals surface area contributed by atoms with Crippen LogP contribution in [-0.2, 0) is 11.3 Å². The predicted octanol–water partition coefficient (Wildman–Crippen LogP) is 0.367. The Morgan fingerprint density at radius 2 is 2.10 bits per heavy atom. The van der Waals surface area contributed by atoms with Gasteiger partial charge in [-0.1, -0.05) is 12.8 Å². The van der Waals surface area contributed by atoms with Crippen LogP contribution in [0.15, 0.2) is 9.59 Å². The summed E-state index contributed by atoms with van der Waals surface area (Å²) in [5.41, 5.74) is 5.26. The molecular weight excluding hydrogens is 260 g/mol. The number of nitrogen functional groups attached to an aromatic ring is 1. The highest BCUT2D eigenvalue weighted by molar-refractivity contribution is 5.60. The second kappa shape index (κ2) is 6.60. The number of methoxy groups -OCH3 is 1. The molecule has 1 heterocycles. The van der Waals surface area contributed by atoms with Crippen molar-refractivity contribution in [2.24, 2.45) is 5.92 Å². The van der Waals surface area contributed by atoms with Gasteiger partial charge in [-0.15, -0.1) is 0 Å². The van der Waals surface area contributed by atoms with Gasteiger partial charge in [-0.2, -0.15) is 0 Å². The number of aromatic amines is 1. The highest BCUT2D eigenvalue weighted by Crippen LogP contribution is 2.25. The molecule has 1 saturated carbocycles. The Balaban J connectivity index is 2.18. The van der Waals surface area contributed by atoms with Gasteiger partial charge in [0.05, 0.1) is 13.2 Å². The van der Waals surface area contributed by atoms with Crippen LogP contribution in [0.3, 0.4) is 0 Å². The van der Waals surface area contributed by atoms with Crippen molar-refractivity contribution >= 4 is 11.5 Å². The number of nitrogens with one attached hydrogen (secondary N) is 2. The third kappa shape index (κ3) is 3.22. The highest BCUT2D eigenvalue weighted by Gasteiger charge is 2.17. The second-order valence-electron chi connectivity index (χ2n) is 5.20. The van der Waals surface area contributed by atoms with Crippen molar-refractivity contribution in [1.82, 2.24) is 9.55 Å². The van der Waals surface area contributed by atoms with Gasteiger partial charge in [0.25, 0.3) is 5.56 Å². The number of nitrogens with zero attached hydrogens (tertiary/aromatic N) is 1. The van der Waals surface area contributed by atoms with Crippen molar-refractivity contribution in [2.45, 2.75) is 32.2 Å². The SMILES string of the molecule is COCCn1c(N)c(NCC2CCCC2)c(=O)[nH]c1=O. The lowest BCUT2D eigenvalue weighted by molar-refractivity contribution is 0.186. The summed E-state index contributed by atoms with van der Waals surface area (Å²) in [6.07, 6.45) is 4.83. The van der Waals surface area contributed by atoms with Gasteiger partial charge in [0.2, 0.25) is 0 Å². The van der Waals surface area contributed by atoms with Crippen LogP contribution >= 0.6 is 0 Å². The zero-order valence-corrected chi connectivity index (χ0v) is 11.8. The Hall–Kier alpha value is -1.76.